The summed E-state index contributed by atoms with van der Waals surface area (Å²) in [5.74, 6) is 1.21. The average molecular weight is 215 g/mol. The van der Waals surface area contributed by atoms with Crippen LogP contribution in [0.2, 0.25) is 0 Å². The maximum Gasteiger partial charge on any atom is 0.264 e. The highest BCUT2D eigenvalue weighted by molar-refractivity contribution is 6.41. The second kappa shape index (κ2) is 3.24. The summed E-state index contributed by atoms with van der Waals surface area (Å²) in [5.41, 5.74) is 0. The molecule has 1 heterocycles. The molecule has 2 unspecified atom stereocenters. The van der Waals surface area contributed by atoms with Gasteiger partial charge in [0.1, 0.15) is 0 Å². The maximum absolute atomic E-state index is 11.5. The molecule has 2 fully saturated rings. The monoisotopic (exact) mass is 214 g/mol. The van der Waals surface area contributed by atoms with E-state index in [9.17, 15) is 4.79 Å². The van der Waals surface area contributed by atoms with Crippen LogP contribution in [0.25, 0.3) is 0 Å². The minimum atomic E-state index is -0.101. The number of rotatable bonds is 2. The molecule has 1 aliphatic heterocycles. The Bertz CT molecular complexity index is 278. The zero-order chi connectivity index (χ0) is 10.5. The molecule has 14 heavy (non-hydrogen) atoms. The summed E-state index contributed by atoms with van der Waals surface area (Å²) in [7, 11) is 4.19. The SMILES string of the molecule is C=C(Cl)C(=O)N1CC2C(C1)C2N(C)C. The van der Waals surface area contributed by atoms with E-state index in [-0.39, 0.29) is 10.9 Å². The number of nitrogens with zero attached hydrogens (tertiary/aromatic N) is 2. The van der Waals surface area contributed by atoms with Crippen molar-refractivity contribution in [3.63, 3.8) is 0 Å². The first-order valence-corrected chi connectivity index (χ1v) is 5.20. The van der Waals surface area contributed by atoms with Crippen LogP contribution in [0, 0.1) is 11.8 Å². The van der Waals surface area contributed by atoms with Crippen molar-refractivity contribution < 1.29 is 4.79 Å². The van der Waals surface area contributed by atoms with Gasteiger partial charge in [0.2, 0.25) is 0 Å². The topological polar surface area (TPSA) is 23.6 Å². The van der Waals surface area contributed by atoms with Crippen LogP contribution >= 0.6 is 11.6 Å². The molecule has 2 rings (SSSR count). The van der Waals surface area contributed by atoms with Gasteiger partial charge in [-0.25, -0.2) is 0 Å². The number of carbonyl (C=O) groups excluding carboxylic acids is 1. The van der Waals surface area contributed by atoms with E-state index >= 15 is 0 Å². The molecular formula is C10H15ClN2O. The molecule has 2 aliphatic rings. The predicted octanol–water partition coefficient (Wildman–Crippen LogP) is 0.757. The molecular weight excluding hydrogens is 200 g/mol. The quantitative estimate of drug-likeness (QED) is 0.634. The van der Waals surface area contributed by atoms with Crippen LogP contribution in [0.1, 0.15) is 0 Å². The van der Waals surface area contributed by atoms with Crippen molar-refractivity contribution in [2.45, 2.75) is 6.04 Å². The van der Waals surface area contributed by atoms with Crippen molar-refractivity contribution in [1.82, 2.24) is 9.80 Å². The number of hydrogen-bond acceptors (Lipinski definition) is 2. The lowest BCUT2D eigenvalue weighted by molar-refractivity contribution is -0.126. The zero-order valence-corrected chi connectivity index (χ0v) is 9.29. The molecule has 1 amide bonds. The van der Waals surface area contributed by atoms with Gasteiger partial charge in [0.05, 0.1) is 5.03 Å². The molecule has 0 aromatic carbocycles. The number of fused-ring (bicyclic) bond motifs is 1. The highest BCUT2D eigenvalue weighted by atomic mass is 35.5. The second-order valence-corrected chi connectivity index (χ2v) is 4.85. The van der Waals surface area contributed by atoms with Crippen molar-refractivity contribution in [2.75, 3.05) is 27.2 Å². The number of likely N-dealkylation sites (tertiary alicyclic amines) is 1. The Kier molecular flexibility index (Phi) is 2.32. The van der Waals surface area contributed by atoms with Crippen molar-refractivity contribution >= 4 is 17.5 Å². The van der Waals surface area contributed by atoms with E-state index in [4.69, 9.17) is 11.6 Å². The van der Waals surface area contributed by atoms with Gasteiger partial charge in [-0.05, 0) is 25.9 Å². The third-order valence-corrected chi connectivity index (χ3v) is 3.43. The lowest BCUT2D eigenvalue weighted by Crippen LogP contribution is -2.35. The highest BCUT2D eigenvalue weighted by Crippen LogP contribution is 2.48. The van der Waals surface area contributed by atoms with Gasteiger partial charge in [-0.15, -0.1) is 0 Å². The number of amides is 1. The fourth-order valence-corrected chi connectivity index (χ4v) is 2.72. The molecule has 1 aliphatic carbocycles. The lowest BCUT2D eigenvalue weighted by Gasteiger charge is -2.21. The van der Waals surface area contributed by atoms with E-state index in [2.05, 4.69) is 25.6 Å². The second-order valence-electron chi connectivity index (χ2n) is 4.40. The molecule has 0 aromatic heterocycles. The maximum atomic E-state index is 11.5. The summed E-state index contributed by atoms with van der Waals surface area (Å²) >= 11 is 5.57. The number of piperidine rings is 1. The van der Waals surface area contributed by atoms with Gasteiger partial charge in [0, 0.05) is 19.1 Å². The van der Waals surface area contributed by atoms with Gasteiger partial charge in [0.25, 0.3) is 5.91 Å². The smallest absolute Gasteiger partial charge is 0.264 e. The van der Waals surface area contributed by atoms with E-state index < -0.39 is 0 Å². The molecule has 3 nitrogen and oxygen atoms in total. The van der Waals surface area contributed by atoms with Gasteiger partial charge in [-0.2, -0.15) is 0 Å². The Labute approximate surface area is 89.3 Å². The van der Waals surface area contributed by atoms with Crippen LogP contribution in [-0.4, -0.2) is 48.9 Å². The van der Waals surface area contributed by atoms with Crippen molar-refractivity contribution in [1.29, 1.82) is 0 Å². The highest BCUT2D eigenvalue weighted by Gasteiger charge is 2.57. The summed E-state index contributed by atoms with van der Waals surface area (Å²) in [4.78, 5) is 15.5. The molecule has 78 valence electrons. The summed E-state index contributed by atoms with van der Waals surface area (Å²) in [6.45, 7) is 5.15. The van der Waals surface area contributed by atoms with Crippen LogP contribution in [0.4, 0.5) is 0 Å². The largest absolute Gasteiger partial charge is 0.337 e. The zero-order valence-electron chi connectivity index (χ0n) is 8.53. The van der Waals surface area contributed by atoms with E-state index in [1.54, 1.807) is 0 Å². The molecule has 2 atom stereocenters. The van der Waals surface area contributed by atoms with Crippen LogP contribution < -0.4 is 0 Å². The van der Waals surface area contributed by atoms with Gasteiger partial charge in [0.15, 0.2) is 0 Å². The van der Waals surface area contributed by atoms with Crippen LogP contribution in [-0.2, 0) is 4.79 Å². The van der Waals surface area contributed by atoms with Crippen LogP contribution in [0.3, 0.4) is 0 Å². The first-order chi connectivity index (χ1) is 6.52. The predicted molar refractivity (Wildman–Crippen MR) is 56.0 cm³/mol. The van der Waals surface area contributed by atoms with Crippen molar-refractivity contribution in [3.8, 4) is 0 Å². The first-order valence-electron chi connectivity index (χ1n) is 4.82. The standard InChI is InChI=1S/C10H15ClN2O/c1-6(11)10(14)13-4-7-8(5-13)9(7)12(2)3/h7-9H,1,4-5H2,2-3H3. The van der Waals surface area contributed by atoms with Crippen LogP contribution in [0.5, 0.6) is 0 Å². The van der Waals surface area contributed by atoms with Crippen LogP contribution in [0.15, 0.2) is 11.6 Å². The Balaban J connectivity index is 1.90. The molecule has 4 heteroatoms. The normalized spacial score (nSPS) is 34.6. The Hall–Kier alpha value is -0.540. The molecule has 0 bridgehead atoms. The summed E-state index contributed by atoms with van der Waals surface area (Å²) in [6, 6.07) is 0.669. The Morgan fingerprint density at radius 2 is 1.93 bits per heavy atom. The van der Waals surface area contributed by atoms with E-state index in [0.717, 1.165) is 13.1 Å². The Morgan fingerprint density at radius 3 is 2.29 bits per heavy atom. The summed E-state index contributed by atoms with van der Waals surface area (Å²) in [6.07, 6.45) is 0. The fraction of sp³-hybridized carbons (Fsp3) is 0.700. The number of carbonyl (C=O) groups is 1. The summed E-state index contributed by atoms with van der Waals surface area (Å²) in [5, 5.41) is 0.132. The molecule has 0 N–H and O–H groups in total. The van der Waals surface area contributed by atoms with Gasteiger partial charge in [-0.1, -0.05) is 18.2 Å². The molecule has 0 aromatic rings. The molecule has 1 saturated heterocycles. The van der Waals surface area contributed by atoms with Crippen molar-refractivity contribution in [2.24, 2.45) is 11.8 Å². The molecule has 0 spiro atoms. The molecule has 0 radical (unpaired) electrons. The summed E-state index contributed by atoms with van der Waals surface area (Å²) < 4.78 is 0. The Morgan fingerprint density at radius 1 is 1.43 bits per heavy atom. The number of halogens is 1. The van der Waals surface area contributed by atoms with Gasteiger partial charge >= 0.3 is 0 Å². The van der Waals surface area contributed by atoms with Gasteiger partial charge in [-0.3, -0.25) is 4.79 Å². The minimum Gasteiger partial charge on any atom is -0.337 e. The van der Waals surface area contributed by atoms with E-state index in [1.807, 2.05) is 4.90 Å². The lowest BCUT2D eigenvalue weighted by atomic mass is 10.3. The van der Waals surface area contributed by atoms with E-state index in [0.29, 0.717) is 17.9 Å². The third-order valence-electron chi connectivity index (χ3n) is 3.26. The first kappa shape index (κ1) is 9.99. The molecule has 1 saturated carbocycles. The minimum absolute atomic E-state index is 0.101. The average Bonchev–Trinajstić information content (AvgIpc) is 2.62. The third kappa shape index (κ3) is 1.44. The van der Waals surface area contributed by atoms with Crippen molar-refractivity contribution in [3.05, 3.63) is 11.6 Å². The number of hydrogen-bond donors (Lipinski definition) is 0. The fourth-order valence-electron chi connectivity index (χ4n) is 2.60. The van der Waals surface area contributed by atoms with E-state index in [1.165, 1.54) is 0 Å². The van der Waals surface area contributed by atoms with Gasteiger partial charge < -0.3 is 9.80 Å².